The number of anilines is 1. The highest BCUT2D eigenvalue weighted by Crippen LogP contribution is 2.26. The van der Waals surface area contributed by atoms with E-state index in [1.807, 2.05) is 39.8 Å². The summed E-state index contributed by atoms with van der Waals surface area (Å²) in [6.07, 6.45) is 0.687. The van der Waals surface area contributed by atoms with Crippen molar-refractivity contribution in [1.82, 2.24) is 5.32 Å². The molecule has 1 amide bonds. The monoisotopic (exact) mass is 480 g/mol. The molecular formula is C27H32N2O4S. The van der Waals surface area contributed by atoms with Crippen LogP contribution in [0.2, 0.25) is 0 Å². The minimum Gasteiger partial charge on any atom is -0.494 e. The molecule has 0 heterocycles. The Kier molecular flexibility index (Phi) is 8.34. The second kappa shape index (κ2) is 11.2. The molecule has 0 bridgehead atoms. The van der Waals surface area contributed by atoms with Gasteiger partial charge in [-0.15, -0.1) is 0 Å². The van der Waals surface area contributed by atoms with E-state index in [1.54, 1.807) is 42.5 Å². The zero-order valence-corrected chi connectivity index (χ0v) is 20.9. The normalized spacial score (nSPS) is 12.1. The van der Waals surface area contributed by atoms with E-state index >= 15 is 0 Å². The molecule has 0 saturated heterocycles. The van der Waals surface area contributed by atoms with Crippen LogP contribution in [0, 0.1) is 13.8 Å². The van der Waals surface area contributed by atoms with Crippen molar-refractivity contribution in [1.29, 1.82) is 0 Å². The molecule has 34 heavy (non-hydrogen) atoms. The van der Waals surface area contributed by atoms with Gasteiger partial charge < -0.3 is 10.1 Å². The van der Waals surface area contributed by atoms with E-state index in [2.05, 4.69) is 11.4 Å². The molecule has 0 aromatic heterocycles. The summed E-state index contributed by atoms with van der Waals surface area (Å²) in [6.45, 7) is 8.06. The van der Waals surface area contributed by atoms with Crippen LogP contribution in [-0.2, 0) is 14.8 Å². The van der Waals surface area contributed by atoms with Crippen LogP contribution in [0.15, 0.2) is 77.7 Å². The largest absolute Gasteiger partial charge is 0.494 e. The lowest BCUT2D eigenvalue weighted by Gasteiger charge is -2.26. The Bertz CT molecular complexity index is 1210. The standard InChI is InChI=1S/C27H32N2O4S/c1-5-26(25-17-12-20(3)18-21(25)4)28-27(30)19-29(22-10-8-7-9-11-22)34(31,32)24-15-13-23(14-16-24)33-6-2/h7-18,26H,5-6,19H2,1-4H3,(H,28,30). The number of hydrogen-bond acceptors (Lipinski definition) is 4. The van der Waals surface area contributed by atoms with Crippen LogP contribution < -0.4 is 14.4 Å². The molecule has 7 heteroatoms. The molecule has 180 valence electrons. The highest BCUT2D eigenvalue weighted by atomic mass is 32.2. The molecule has 0 fully saturated rings. The summed E-state index contributed by atoms with van der Waals surface area (Å²) in [4.78, 5) is 13.2. The number of amides is 1. The smallest absolute Gasteiger partial charge is 0.264 e. The van der Waals surface area contributed by atoms with Crippen LogP contribution >= 0.6 is 0 Å². The summed E-state index contributed by atoms with van der Waals surface area (Å²) in [7, 11) is -3.98. The zero-order valence-electron chi connectivity index (χ0n) is 20.1. The van der Waals surface area contributed by atoms with E-state index in [4.69, 9.17) is 4.74 Å². The van der Waals surface area contributed by atoms with Gasteiger partial charge in [-0.1, -0.05) is 48.9 Å². The number of sulfonamides is 1. The van der Waals surface area contributed by atoms with Crippen LogP contribution in [0.3, 0.4) is 0 Å². The van der Waals surface area contributed by atoms with E-state index in [0.29, 0.717) is 24.5 Å². The van der Waals surface area contributed by atoms with E-state index < -0.39 is 10.0 Å². The second-order valence-corrected chi connectivity index (χ2v) is 10.0. The molecule has 0 spiro atoms. The topological polar surface area (TPSA) is 75.7 Å². The third-order valence-corrected chi connectivity index (χ3v) is 7.39. The summed E-state index contributed by atoms with van der Waals surface area (Å²) < 4.78 is 33.7. The molecule has 3 rings (SSSR count). The van der Waals surface area contributed by atoms with Gasteiger partial charge in [0.05, 0.1) is 23.2 Å². The highest BCUT2D eigenvalue weighted by molar-refractivity contribution is 7.92. The van der Waals surface area contributed by atoms with E-state index in [0.717, 1.165) is 21.0 Å². The first-order chi connectivity index (χ1) is 16.3. The fourth-order valence-corrected chi connectivity index (χ4v) is 5.32. The van der Waals surface area contributed by atoms with Crippen molar-refractivity contribution in [3.05, 3.63) is 89.5 Å². The van der Waals surface area contributed by atoms with E-state index in [-0.39, 0.29) is 23.4 Å². The molecule has 0 radical (unpaired) electrons. The molecule has 1 N–H and O–H groups in total. The van der Waals surface area contributed by atoms with Crippen molar-refractivity contribution in [2.24, 2.45) is 0 Å². The lowest BCUT2D eigenvalue weighted by molar-refractivity contribution is -0.120. The predicted molar refractivity (Wildman–Crippen MR) is 136 cm³/mol. The molecule has 0 saturated carbocycles. The average molecular weight is 481 g/mol. The average Bonchev–Trinajstić information content (AvgIpc) is 2.82. The van der Waals surface area contributed by atoms with Crippen LogP contribution in [-0.4, -0.2) is 27.5 Å². The van der Waals surface area contributed by atoms with Crippen molar-refractivity contribution in [3.63, 3.8) is 0 Å². The minimum absolute atomic E-state index is 0.0917. The summed E-state index contributed by atoms with van der Waals surface area (Å²) >= 11 is 0. The van der Waals surface area contributed by atoms with Gasteiger partial charge in [-0.05, 0) is 74.7 Å². The maximum atomic E-state index is 13.6. The van der Waals surface area contributed by atoms with Gasteiger partial charge in [-0.3, -0.25) is 9.10 Å². The van der Waals surface area contributed by atoms with Gasteiger partial charge >= 0.3 is 0 Å². The second-order valence-electron chi connectivity index (χ2n) is 8.14. The number of nitrogens with one attached hydrogen (secondary N) is 1. The first kappa shape index (κ1) is 25.3. The Morgan fingerprint density at radius 1 is 0.971 bits per heavy atom. The maximum Gasteiger partial charge on any atom is 0.264 e. The molecule has 0 aliphatic carbocycles. The van der Waals surface area contributed by atoms with Gasteiger partial charge in [0.1, 0.15) is 12.3 Å². The molecule has 1 unspecified atom stereocenters. The number of carbonyl (C=O) groups is 1. The molecule has 1 atom stereocenters. The van der Waals surface area contributed by atoms with Crippen molar-refractivity contribution >= 4 is 21.6 Å². The summed E-state index contributed by atoms with van der Waals surface area (Å²) in [5.41, 5.74) is 3.70. The van der Waals surface area contributed by atoms with Gasteiger partial charge in [0, 0.05) is 0 Å². The Hall–Kier alpha value is -3.32. The van der Waals surface area contributed by atoms with Crippen LogP contribution in [0.25, 0.3) is 0 Å². The first-order valence-electron chi connectivity index (χ1n) is 11.4. The fraction of sp³-hybridized carbons (Fsp3) is 0.296. The molecule has 6 nitrogen and oxygen atoms in total. The van der Waals surface area contributed by atoms with Gasteiger partial charge in [-0.25, -0.2) is 8.42 Å². The van der Waals surface area contributed by atoms with Crippen molar-refractivity contribution in [2.75, 3.05) is 17.5 Å². The van der Waals surface area contributed by atoms with Crippen LogP contribution in [0.5, 0.6) is 5.75 Å². The minimum atomic E-state index is -3.98. The zero-order chi connectivity index (χ0) is 24.7. The van der Waals surface area contributed by atoms with E-state index in [9.17, 15) is 13.2 Å². The number of hydrogen-bond donors (Lipinski definition) is 1. The Labute approximate surface area is 202 Å². The highest BCUT2D eigenvalue weighted by Gasteiger charge is 2.28. The van der Waals surface area contributed by atoms with Crippen LogP contribution in [0.4, 0.5) is 5.69 Å². The lowest BCUT2D eigenvalue weighted by atomic mass is 9.97. The summed E-state index contributed by atoms with van der Waals surface area (Å²) in [6, 6.07) is 20.8. The number of benzene rings is 3. The van der Waals surface area contributed by atoms with Gasteiger partial charge in [0.2, 0.25) is 5.91 Å². The van der Waals surface area contributed by atoms with Gasteiger partial charge in [-0.2, -0.15) is 0 Å². The summed E-state index contributed by atoms with van der Waals surface area (Å²) in [5, 5.41) is 3.03. The number of rotatable bonds is 10. The molecular weight excluding hydrogens is 448 g/mol. The SMILES string of the molecule is CCOc1ccc(S(=O)(=O)N(CC(=O)NC(CC)c2ccc(C)cc2C)c2ccccc2)cc1. The Morgan fingerprint density at radius 3 is 2.24 bits per heavy atom. The number of nitrogens with zero attached hydrogens (tertiary/aromatic N) is 1. The summed E-state index contributed by atoms with van der Waals surface area (Å²) in [5.74, 6) is 0.217. The van der Waals surface area contributed by atoms with Crippen molar-refractivity contribution in [2.45, 2.75) is 45.1 Å². The number of ether oxygens (including phenoxy) is 1. The Morgan fingerprint density at radius 2 is 1.65 bits per heavy atom. The number of carbonyl (C=O) groups excluding carboxylic acids is 1. The lowest BCUT2D eigenvalue weighted by Crippen LogP contribution is -2.42. The number of para-hydroxylation sites is 1. The third kappa shape index (κ3) is 5.97. The predicted octanol–water partition coefficient (Wildman–Crippen LogP) is 5.16. The van der Waals surface area contributed by atoms with Gasteiger partial charge in [0.25, 0.3) is 10.0 Å². The van der Waals surface area contributed by atoms with E-state index in [1.165, 1.54) is 12.1 Å². The molecule has 0 aliphatic heterocycles. The number of aryl methyl sites for hydroxylation is 2. The molecule has 3 aromatic carbocycles. The third-order valence-electron chi connectivity index (χ3n) is 5.60. The van der Waals surface area contributed by atoms with Gasteiger partial charge in [0.15, 0.2) is 0 Å². The van der Waals surface area contributed by atoms with Crippen molar-refractivity contribution < 1.29 is 17.9 Å². The first-order valence-corrected chi connectivity index (χ1v) is 12.9. The Balaban J connectivity index is 1.88. The maximum absolute atomic E-state index is 13.6. The van der Waals surface area contributed by atoms with Crippen molar-refractivity contribution in [3.8, 4) is 5.75 Å². The van der Waals surface area contributed by atoms with Crippen LogP contribution in [0.1, 0.15) is 43.0 Å². The molecule has 0 aliphatic rings. The molecule has 3 aromatic rings. The quantitative estimate of drug-likeness (QED) is 0.435. The fourth-order valence-electron chi connectivity index (χ4n) is 3.90.